The van der Waals surface area contributed by atoms with Crippen LogP contribution >= 0.6 is 23.6 Å². The van der Waals surface area contributed by atoms with Crippen LogP contribution in [-0.4, -0.2) is 39.5 Å². The molecule has 0 bridgehead atoms. The van der Waals surface area contributed by atoms with E-state index in [4.69, 9.17) is 17.0 Å². The lowest BCUT2D eigenvalue weighted by molar-refractivity contribution is -0.119. The molecule has 2 heterocycles. The number of nitrogens with zero attached hydrogens (tertiary/aromatic N) is 2. The summed E-state index contributed by atoms with van der Waals surface area (Å²) < 4.78 is 21.7. The van der Waals surface area contributed by atoms with E-state index in [0.29, 0.717) is 11.4 Å². The molecule has 0 aliphatic carbocycles. The zero-order valence-electron chi connectivity index (χ0n) is 22.9. The molecule has 206 valence electrons. The van der Waals surface area contributed by atoms with E-state index in [1.54, 1.807) is 18.3 Å². The van der Waals surface area contributed by atoms with Crippen molar-refractivity contribution >= 4 is 50.5 Å². The summed E-state index contributed by atoms with van der Waals surface area (Å²) in [6.45, 7) is 10.3. The SMILES string of the molecule is CCN(CC)C(C)(C)C#Cc1cc2nccc(Oc3ccc(NC(=S)NC(=O)Cc4ccccc4)cc3F)c2s1. The number of ether oxygens (including phenoxy) is 1. The van der Waals surface area contributed by atoms with Gasteiger partial charge in [-0.3, -0.25) is 14.7 Å². The van der Waals surface area contributed by atoms with Crippen molar-refractivity contribution in [2.24, 2.45) is 0 Å². The van der Waals surface area contributed by atoms with E-state index < -0.39 is 5.82 Å². The van der Waals surface area contributed by atoms with Crippen LogP contribution < -0.4 is 15.4 Å². The van der Waals surface area contributed by atoms with Gasteiger partial charge in [0.1, 0.15) is 5.75 Å². The molecule has 4 aromatic rings. The second-order valence-corrected chi connectivity index (χ2v) is 11.0. The number of hydrogen-bond acceptors (Lipinski definition) is 6. The van der Waals surface area contributed by atoms with Gasteiger partial charge in [-0.1, -0.05) is 56.0 Å². The van der Waals surface area contributed by atoms with E-state index in [2.05, 4.69) is 60.1 Å². The van der Waals surface area contributed by atoms with Crippen molar-refractivity contribution in [1.29, 1.82) is 0 Å². The van der Waals surface area contributed by atoms with Crippen LogP contribution in [0.25, 0.3) is 10.2 Å². The summed E-state index contributed by atoms with van der Waals surface area (Å²) in [6.07, 6.45) is 1.82. The van der Waals surface area contributed by atoms with Crippen molar-refractivity contribution in [1.82, 2.24) is 15.2 Å². The van der Waals surface area contributed by atoms with Gasteiger partial charge in [0.25, 0.3) is 0 Å². The van der Waals surface area contributed by atoms with E-state index in [1.165, 1.54) is 23.5 Å². The second kappa shape index (κ2) is 13.0. The molecule has 6 nitrogen and oxygen atoms in total. The van der Waals surface area contributed by atoms with Crippen LogP contribution in [0.4, 0.5) is 10.1 Å². The van der Waals surface area contributed by atoms with Gasteiger partial charge >= 0.3 is 0 Å². The molecule has 0 aliphatic heterocycles. The largest absolute Gasteiger partial charge is 0.453 e. The number of amides is 1. The molecule has 2 N–H and O–H groups in total. The third-order valence-corrected chi connectivity index (χ3v) is 7.55. The lowest BCUT2D eigenvalue weighted by Crippen LogP contribution is -2.42. The number of carbonyl (C=O) groups excluding carboxylic acids is 1. The van der Waals surface area contributed by atoms with Crippen molar-refractivity contribution in [2.45, 2.75) is 39.7 Å². The Morgan fingerprint density at radius 2 is 1.85 bits per heavy atom. The molecule has 9 heteroatoms. The second-order valence-electron chi connectivity index (χ2n) is 9.53. The number of thiocarbonyl (C=S) groups is 1. The lowest BCUT2D eigenvalue weighted by atomic mass is 10.0. The van der Waals surface area contributed by atoms with E-state index in [1.807, 2.05) is 36.4 Å². The number of pyridine rings is 1. The number of thiophene rings is 1. The van der Waals surface area contributed by atoms with Crippen LogP contribution in [0.3, 0.4) is 0 Å². The molecule has 0 aliphatic rings. The van der Waals surface area contributed by atoms with E-state index >= 15 is 4.39 Å². The van der Waals surface area contributed by atoms with E-state index in [0.717, 1.165) is 33.7 Å². The quantitative estimate of drug-likeness (QED) is 0.179. The Bertz CT molecular complexity index is 1570. The first-order valence-corrected chi connectivity index (χ1v) is 14.2. The lowest BCUT2D eigenvalue weighted by Gasteiger charge is -2.32. The normalized spacial score (nSPS) is 11.2. The van der Waals surface area contributed by atoms with Crippen LogP contribution in [0.2, 0.25) is 0 Å². The molecule has 2 aromatic carbocycles. The summed E-state index contributed by atoms with van der Waals surface area (Å²) in [5, 5.41) is 5.54. The van der Waals surface area contributed by atoms with Crippen molar-refractivity contribution in [2.75, 3.05) is 18.4 Å². The Kier molecular flexibility index (Phi) is 9.48. The standard InChI is InChI=1S/C31H31FN4O2S2/c1-5-36(6-2)31(3,4)16-14-23-20-25-29(40-23)27(15-17-33-25)38-26-13-12-22(19-24(26)32)34-30(39)35-28(37)18-21-10-8-7-9-11-21/h7-13,15,17,19-20H,5-6,18H2,1-4H3,(H2,34,35,37,39). The Labute approximate surface area is 243 Å². The van der Waals surface area contributed by atoms with E-state index in [9.17, 15) is 4.79 Å². The minimum atomic E-state index is -0.578. The Balaban J connectivity index is 1.44. The van der Waals surface area contributed by atoms with Gasteiger partial charge in [-0.25, -0.2) is 4.39 Å². The van der Waals surface area contributed by atoms with Crippen LogP contribution in [0.15, 0.2) is 66.9 Å². The number of fused-ring (bicyclic) bond motifs is 1. The van der Waals surface area contributed by atoms with E-state index in [-0.39, 0.29) is 28.7 Å². The maximum absolute atomic E-state index is 15.0. The summed E-state index contributed by atoms with van der Waals surface area (Å²) in [6, 6.07) is 17.4. The summed E-state index contributed by atoms with van der Waals surface area (Å²) >= 11 is 6.68. The number of hydrogen-bond donors (Lipinski definition) is 2. The highest BCUT2D eigenvalue weighted by Gasteiger charge is 2.21. The molecule has 0 radical (unpaired) electrons. The van der Waals surface area contributed by atoms with Gasteiger partial charge in [0.2, 0.25) is 5.91 Å². The minimum Gasteiger partial charge on any atom is -0.453 e. The van der Waals surface area contributed by atoms with Gasteiger partial charge in [-0.15, -0.1) is 11.3 Å². The average Bonchev–Trinajstić information content (AvgIpc) is 3.34. The maximum Gasteiger partial charge on any atom is 0.230 e. The fourth-order valence-electron chi connectivity index (χ4n) is 4.26. The third kappa shape index (κ3) is 7.42. The Morgan fingerprint density at radius 1 is 1.10 bits per heavy atom. The van der Waals surface area contributed by atoms with Crippen LogP contribution in [0.5, 0.6) is 11.5 Å². The summed E-state index contributed by atoms with van der Waals surface area (Å²) in [5.41, 5.74) is 1.73. The molecule has 1 amide bonds. The fraction of sp³-hybridized carbons (Fsp3) is 0.258. The molecular weight excluding hydrogens is 543 g/mol. The molecular formula is C31H31FN4O2S2. The monoisotopic (exact) mass is 574 g/mol. The van der Waals surface area contributed by atoms with Gasteiger partial charge in [0, 0.05) is 24.0 Å². The first-order chi connectivity index (χ1) is 19.2. The molecule has 0 atom stereocenters. The van der Waals surface area contributed by atoms with Gasteiger partial charge in [-0.2, -0.15) is 0 Å². The molecule has 40 heavy (non-hydrogen) atoms. The Hall–Kier alpha value is -3.84. The minimum absolute atomic E-state index is 0.0563. The van der Waals surface area contributed by atoms with Gasteiger partial charge in [0.15, 0.2) is 16.7 Å². The molecule has 0 saturated carbocycles. The number of aromatic nitrogens is 1. The van der Waals surface area contributed by atoms with Gasteiger partial charge in [-0.05, 0) is 62.9 Å². The number of anilines is 1. The third-order valence-electron chi connectivity index (χ3n) is 6.29. The van der Waals surface area contributed by atoms with Crippen LogP contribution in [-0.2, 0) is 11.2 Å². The smallest absolute Gasteiger partial charge is 0.230 e. The number of nitrogens with one attached hydrogen (secondary N) is 2. The topological polar surface area (TPSA) is 66.5 Å². The highest BCUT2D eigenvalue weighted by Crippen LogP contribution is 2.36. The predicted octanol–water partition coefficient (Wildman–Crippen LogP) is 6.76. The zero-order chi connectivity index (χ0) is 28.7. The zero-order valence-corrected chi connectivity index (χ0v) is 24.5. The van der Waals surface area contributed by atoms with Crippen molar-refractivity contribution in [3.8, 4) is 23.3 Å². The average molecular weight is 575 g/mol. The molecule has 0 fully saturated rings. The predicted molar refractivity (Wildman–Crippen MR) is 164 cm³/mol. The Morgan fingerprint density at radius 3 is 2.55 bits per heavy atom. The maximum atomic E-state index is 15.0. The summed E-state index contributed by atoms with van der Waals surface area (Å²) in [5.74, 6) is 6.37. The molecule has 0 saturated heterocycles. The number of halogens is 1. The number of benzene rings is 2. The van der Waals surface area contributed by atoms with Crippen molar-refractivity contribution in [3.63, 3.8) is 0 Å². The molecule has 0 spiro atoms. The summed E-state index contributed by atoms with van der Waals surface area (Å²) in [4.78, 5) is 19.8. The van der Waals surface area contributed by atoms with Crippen molar-refractivity contribution < 1.29 is 13.9 Å². The first kappa shape index (κ1) is 29.2. The number of rotatable bonds is 8. The first-order valence-electron chi connectivity index (χ1n) is 13.0. The molecule has 2 aromatic heterocycles. The van der Waals surface area contributed by atoms with Crippen LogP contribution in [0, 0.1) is 17.7 Å². The highest BCUT2D eigenvalue weighted by molar-refractivity contribution is 7.80. The number of carbonyl (C=O) groups is 1. The highest BCUT2D eigenvalue weighted by atomic mass is 32.1. The molecule has 0 unspecified atom stereocenters. The van der Waals surface area contributed by atoms with Crippen LogP contribution in [0.1, 0.15) is 38.1 Å². The molecule has 4 rings (SSSR count). The fourth-order valence-corrected chi connectivity index (χ4v) is 5.41. The van der Waals surface area contributed by atoms with Gasteiger partial charge < -0.3 is 15.4 Å². The summed E-state index contributed by atoms with van der Waals surface area (Å²) in [7, 11) is 0. The van der Waals surface area contributed by atoms with Crippen molar-refractivity contribution in [3.05, 3.63) is 83.1 Å². The van der Waals surface area contributed by atoms with Gasteiger partial charge in [0.05, 0.1) is 27.1 Å².